The minimum atomic E-state index is -0.0510. The minimum Gasteiger partial charge on any atom is -0.378 e. The van der Waals surface area contributed by atoms with Gasteiger partial charge in [-0.2, -0.15) is 0 Å². The highest BCUT2D eigenvalue weighted by Crippen LogP contribution is 2.14. The van der Waals surface area contributed by atoms with Crippen LogP contribution in [0.3, 0.4) is 0 Å². The van der Waals surface area contributed by atoms with E-state index in [1.807, 2.05) is 6.92 Å². The molecule has 2 atom stereocenters. The second-order valence-corrected chi connectivity index (χ2v) is 4.90. The summed E-state index contributed by atoms with van der Waals surface area (Å²) in [5, 5.41) is 3.07. The predicted octanol–water partition coefficient (Wildman–Crippen LogP) is 0.839. The van der Waals surface area contributed by atoms with Gasteiger partial charge >= 0.3 is 0 Å². The summed E-state index contributed by atoms with van der Waals surface area (Å²) >= 11 is 0. The normalized spacial score (nSPS) is 23.5. The number of hydrogen-bond donors (Lipinski definition) is 1. The van der Waals surface area contributed by atoms with Crippen LogP contribution in [0.1, 0.15) is 22.8 Å². The first-order chi connectivity index (χ1) is 9.15. The summed E-state index contributed by atoms with van der Waals surface area (Å²) in [4.78, 5) is 18.5. The molecule has 1 aromatic heterocycles. The molecule has 1 fully saturated rings. The van der Waals surface area contributed by atoms with Crippen LogP contribution in [0.2, 0.25) is 0 Å². The molecule has 1 amide bonds. The second kappa shape index (κ2) is 6.12. The van der Waals surface area contributed by atoms with E-state index in [-0.39, 0.29) is 18.1 Å². The Morgan fingerprint density at radius 2 is 2.37 bits per heavy atom. The standard InChI is InChI=1S/C14H21N3O2/c1-4-17-8-12(13(9-17)19-3)16-14(18)11-5-6-15-7-10(11)2/h5-7,12-13H,4,8-9H2,1-3H3,(H,16,18)/t12-,13-/m0/s1. The summed E-state index contributed by atoms with van der Waals surface area (Å²) in [6.07, 6.45) is 3.41. The molecule has 2 heterocycles. The highest BCUT2D eigenvalue weighted by atomic mass is 16.5. The van der Waals surface area contributed by atoms with Crippen LogP contribution in [-0.4, -0.2) is 54.7 Å². The van der Waals surface area contributed by atoms with Crippen molar-refractivity contribution in [2.75, 3.05) is 26.7 Å². The molecule has 1 N–H and O–H groups in total. The van der Waals surface area contributed by atoms with E-state index >= 15 is 0 Å². The van der Waals surface area contributed by atoms with E-state index in [2.05, 4.69) is 22.1 Å². The molecule has 1 aliphatic rings. The summed E-state index contributed by atoms with van der Waals surface area (Å²) in [6, 6.07) is 1.80. The third kappa shape index (κ3) is 3.11. The molecule has 1 aliphatic heterocycles. The number of amides is 1. The van der Waals surface area contributed by atoms with E-state index in [0.29, 0.717) is 5.56 Å². The maximum atomic E-state index is 12.3. The third-order valence-electron chi connectivity index (χ3n) is 3.67. The summed E-state index contributed by atoms with van der Waals surface area (Å²) in [5.74, 6) is -0.0510. The van der Waals surface area contributed by atoms with Gasteiger partial charge in [0.05, 0.1) is 12.1 Å². The maximum Gasteiger partial charge on any atom is 0.252 e. The van der Waals surface area contributed by atoms with Crippen molar-refractivity contribution in [3.8, 4) is 0 Å². The van der Waals surface area contributed by atoms with Gasteiger partial charge in [-0.1, -0.05) is 6.92 Å². The van der Waals surface area contributed by atoms with Gasteiger partial charge in [-0.25, -0.2) is 0 Å². The Morgan fingerprint density at radius 1 is 1.58 bits per heavy atom. The third-order valence-corrected chi connectivity index (χ3v) is 3.67. The van der Waals surface area contributed by atoms with E-state index in [1.54, 1.807) is 25.6 Å². The molecule has 104 valence electrons. The van der Waals surface area contributed by atoms with Gasteiger partial charge in [0, 0.05) is 38.2 Å². The van der Waals surface area contributed by atoms with Crippen molar-refractivity contribution in [1.29, 1.82) is 0 Å². The first-order valence-electron chi connectivity index (χ1n) is 6.62. The van der Waals surface area contributed by atoms with Gasteiger partial charge < -0.3 is 10.1 Å². The van der Waals surface area contributed by atoms with Crippen LogP contribution in [0.5, 0.6) is 0 Å². The molecule has 0 aromatic carbocycles. The lowest BCUT2D eigenvalue weighted by molar-refractivity contribution is 0.0762. The van der Waals surface area contributed by atoms with Gasteiger partial charge in [0.25, 0.3) is 5.91 Å². The Kier molecular flexibility index (Phi) is 4.50. The molecule has 0 aliphatic carbocycles. The van der Waals surface area contributed by atoms with Crippen LogP contribution in [0.15, 0.2) is 18.5 Å². The van der Waals surface area contributed by atoms with Crippen LogP contribution in [-0.2, 0) is 4.74 Å². The molecule has 5 nitrogen and oxygen atoms in total. The van der Waals surface area contributed by atoms with Crippen LogP contribution in [0.25, 0.3) is 0 Å². The van der Waals surface area contributed by atoms with Crippen molar-refractivity contribution in [3.63, 3.8) is 0 Å². The zero-order chi connectivity index (χ0) is 13.8. The van der Waals surface area contributed by atoms with Crippen LogP contribution in [0.4, 0.5) is 0 Å². The number of hydrogen-bond acceptors (Lipinski definition) is 4. The van der Waals surface area contributed by atoms with Crippen LogP contribution in [0, 0.1) is 6.92 Å². The van der Waals surface area contributed by atoms with Crippen molar-refractivity contribution >= 4 is 5.91 Å². The van der Waals surface area contributed by atoms with Gasteiger partial charge in [-0.05, 0) is 25.1 Å². The fourth-order valence-electron chi connectivity index (χ4n) is 2.46. The molecule has 0 unspecified atom stereocenters. The number of carbonyl (C=O) groups excluding carboxylic acids is 1. The molecular weight excluding hydrogens is 242 g/mol. The number of nitrogens with zero attached hydrogens (tertiary/aromatic N) is 2. The van der Waals surface area contributed by atoms with E-state index in [4.69, 9.17) is 4.74 Å². The number of aryl methyl sites for hydroxylation is 1. The Labute approximate surface area is 114 Å². The van der Waals surface area contributed by atoms with Crippen LogP contribution >= 0.6 is 0 Å². The Balaban J connectivity index is 2.04. The number of aromatic nitrogens is 1. The van der Waals surface area contributed by atoms with Crippen molar-refractivity contribution < 1.29 is 9.53 Å². The SMILES string of the molecule is CCN1C[C@H](NC(=O)c2ccncc2C)[C@@H](OC)C1. The molecule has 1 saturated heterocycles. The maximum absolute atomic E-state index is 12.3. The average Bonchev–Trinajstić information content (AvgIpc) is 2.81. The van der Waals surface area contributed by atoms with Crippen molar-refractivity contribution in [2.45, 2.75) is 26.0 Å². The van der Waals surface area contributed by atoms with Crippen LogP contribution < -0.4 is 5.32 Å². The van der Waals surface area contributed by atoms with Gasteiger partial charge in [0.2, 0.25) is 0 Å². The number of rotatable bonds is 4. The molecular formula is C14H21N3O2. The minimum absolute atomic E-state index is 0.0463. The molecule has 0 saturated carbocycles. The van der Waals surface area contributed by atoms with E-state index in [0.717, 1.165) is 25.2 Å². The molecule has 0 radical (unpaired) electrons. The largest absolute Gasteiger partial charge is 0.378 e. The van der Waals surface area contributed by atoms with E-state index in [1.165, 1.54) is 0 Å². The number of pyridine rings is 1. The topological polar surface area (TPSA) is 54.5 Å². The second-order valence-electron chi connectivity index (χ2n) is 4.90. The lowest BCUT2D eigenvalue weighted by Gasteiger charge is -2.19. The first-order valence-corrected chi connectivity index (χ1v) is 6.62. The molecule has 2 rings (SSSR count). The quantitative estimate of drug-likeness (QED) is 0.874. The van der Waals surface area contributed by atoms with E-state index < -0.39 is 0 Å². The average molecular weight is 263 g/mol. The predicted molar refractivity (Wildman–Crippen MR) is 73.1 cm³/mol. The summed E-state index contributed by atoms with van der Waals surface area (Å²) < 4.78 is 5.45. The molecule has 0 bridgehead atoms. The fourth-order valence-corrected chi connectivity index (χ4v) is 2.46. The zero-order valence-electron chi connectivity index (χ0n) is 11.7. The summed E-state index contributed by atoms with van der Waals surface area (Å²) in [7, 11) is 1.70. The fraction of sp³-hybridized carbons (Fsp3) is 0.571. The van der Waals surface area contributed by atoms with Gasteiger partial charge in [0.15, 0.2) is 0 Å². The number of carbonyl (C=O) groups is 1. The summed E-state index contributed by atoms with van der Waals surface area (Å²) in [6.45, 7) is 6.69. The van der Waals surface area contributed by atoms with Gasteiger partial charge in [-0.3, -0.25) is 14.7 Å². The molecule has 19 heavy (non-hydrogen) atoms. The molecule has 0 spiro atoms. The molecule has 5 heteroatoms. The van der Waals surface area contributed by atoms with Crippen molar-refractivity contribution in [3.05, 3.63) is 29.6 Å². The highest BCUT2D eigenvalue weighted by molar-refractivity contribution is 5.95. The lowest BCUT2D eigenvalue weighted by atomic mass is 10.1. The monoisotopic (exact) mass is 263 g/mol. The van der Waals surface area contributed by atoms with Crippen molar-refractivity contribution in [1.82, 2.24) is 15.2 Å². The van der Waals surface area contributed by atoms with Crippen molar-refractivity contribution in [2.24, 2.45) is 0 Å². The number of methoxy groups -OCH3 is 1. The summed E-state index contributed by atoms with van der Waals surface area (Å²) in [5.41, 5.74) is 1.57. The highest BCUT2D eigenvalue weighted by Gasteiger charge is 2.33. The van der Waals surface area contributed by atoms with E-state index in [9.17, 15) is 4.79 Å². The Bertz CT molecular complexity index is 450. The number of ether oxygens (including phenoxy) is 1. The smallest absolute Gasteiger partial charge is 0.252 e. The van der Waals surface area contributed by atoms with Gasteiger partial charge in [0.1, 0.15) is 0 Å². The Hall–Kier alpha value is -1.46. The molecule has 1 aromatic rings. The Morgan fingerprint density at radius 3 is 3.00 bits per heavy atom. The first kappa shape index (κ1) is 14.0. The lowest BCUT2D eigenvalue weighted by Crippen LogP contribution is -2.43. The number of likely N-dealkylation sites (tertiary alicyclic amines) is 1. The number of likely N-dealkylation sites (N-methyl/N-ethyl adjacent to an activating group) is 1. The zero-order valence-corrected chi connectivity index (χ0v) is 11.7. The van der Waals surface area contributed by atoms with Gasteiger partial charge in [-0.15, -0.1) is 0 Å². The number of nitrogens with one attached hydrogen (secondary N) is 1.